The molecule has 1 fully saturated rings. The normalized spacial score (nSPS) is 23.6. The molecule has 108 valence electrons. The predicted molar refractivity (Wildman–Crippen MR) is 67.8 cm³/mol. The van der Waals surface area contributed by atoms with Gasteiger partial charge in [0.25, 0.3) is 0 Å². The summed E-state index contributed by atoms with van der Waals surface area (Å²) in [7, 11) is 0. The number of rotatable bonds is 3. The molecule has 1 saturated heterocycles. The standard InChI is InChI=1S/C13H21NO5/c1-12(2,3)6-8-19-11(18)14-7-5-9(15)13(14,4)10(16)17/h5-8H2,1-4H3,(H,16,17). The molecule has 1 atom stereocenters. The zero-order valence-electron chi connectivity index (χ0n) is 11.9. The summed E-state index contributed by atoms with van der Waals surface area (Å²) in [5.74, 6) is -1.78. The molecule has 0 aromatic carbocycles. The Morgan fingerprint density at radius 3 is 2.47 bits per heavy atom. The van der Waals surface area contributed by atoms with E-state index in [1.165, 1.54) is 6.92 Å². The molecule has 0 aromatic rings. The Hall–Kier alpha value is -1.59. The molecule has 0 saturated carbocycles. The number of hydrogen-bond donors (Lipinski definition) is 1. The second-order valence-electron chi connectivity index (χ2n) is 6.13. The SMILES string of the molecule is CC(C)(C)CCOC(=O)N1CCC(=O)C1(C)C(=O)O. The predicted octanol–water partition coefficient (Wildman–Crippen LogP) is 1.68. The van der Waals surface area contributed by atoms with Crippen LogP contribution >= 0.6 is 0 Å². The van der Waals surface area contributed by atoms with Crippen molar-refractivity contribution in [2.75, 3.05) is 13.2 Å². The summed E-state index contributed by atoms with van der Waals surface area (Å²) >= 11 is 0. The van der Waals surface area contributed by atoms with Crippen molar-refractivity contribution in [2.24, 2.45) is 5.41 Å². The fraction of sp³-hybridized carbons (Fsp3) is 0.769. The highest BCUT2D eigenvalue weighted by atomic mass is 16.6. The molecule has 1 N–H and O–H groups in total. The first-order valence-electron chi connectivity index (χ1n) is 6.30. The minimum Gasteiger partial charge on any atom is -0.479 e. The van der Waals surface area contributed by atoms with Gasteiger partial charge in [0.05, 0.1) is 6.61 Å². The molecule has 1 rings (SSSR count). The maximum atomic E-state index is 11.9. The number of aliphatic carboxylic acids is 1. The average Bonchev–Trinajstić information content (AvgIpc) is 2.55. The molecule has 1 unspecified atom stereocenters. The molecule has 0 radical (unpaired) electrons. The van der Waals surface area contributed by atoms with Gasteiger partial charge in [-0.15, -0.1) is 0 Å². The number of hydrogen-bond acceptors (Lipinski definition) is 4. The summed E-state index contributed by atoms with van der Waals surface area (Å²) in [6.45, 7) is 7.60. The van der Waals surface area contributed by atoms with Crippen LogP contribution in [-0.2, 0) is 14.3 Å². The van der Waals surface area contributed by atoms with E-state index in [1.807, 2.05) is 20.8 Å². The van der Waals surface area contributed by atoms with Crippen LogP contribution in [0.3, 0.4) is 0 Å². The average molecular weight is 271 g/mol. The van der Waals surface area contributed by atoms with Crippen LogP contribution in [0.25, 0.3) is 0 Å². The Morgan fingerprint density at radius 2 is 2.00 bits per heavy atom. The molecule has 1 heterocycles. The summed E-state index contributed by atoms with van der Waals surface area (Å²) in [6.07, 6.45) is -0.0124. The third-order valence-corrected chi connectivity index (χ3v) is 3.36. The molecule has 6 nitrogen and oxygen atoms in total. The second kappa shape index (κ2) is 5.19. The van der Waals surface area contributed by atoms with Crippen molar-refractivity contribution in [1.29, 1.82) is 0 Å². The van der Waals surface area contributed by atoms with Gasteiger partial charge in [-0.2, -0.15) is 0 Å². The Balaban J connectivity index is 2.67. The van der Waals surface area contributed by atoms with Crippen molar-refractivity contribution in [1.82, 2.24) is 4.90 Å². The lowest BCUT2D eigenvalue weighted by atomic mass is 9.93. The molecule has 0 aromatic heterocycles. The number of carboxylic acid groups (broad SMARTS) is 1. The highest BCUT2D eigenvalue weighted by molar-refractivity contribution is 6.11. The summed E-state index contributed by atoms with van der Waals surface area (Å²) in [6, 6.07) is 0. The first-order valence-corrected chi connectivity index (χ1v) is 6.30. The van der Waals surface area contributed by atoms with E-state index in [-0.39, 0.29) is 25.0 Å². The summed E-state index contributed by atoms with van der Waals surface area (Å²) in [4.78, 5) is 35.8. The molecule has 1 aliphatic heterocycles. The van der Waals surface area contributed by atoms with Gasteiger partial charge in [0.1, 0.15) is 0 Å². The van der Waals surface area contributed by atoms with E-state index in [0.717, 1.165) is 4.90 Å². The van der Waals surface area contributed by atoms with E-state index in [0.29, 0.717) is 6.42 Å². The lowest BCUT2D eigenvalue weighted by Gasteiger charge is -2.29. The van der Waals surface area contributed by atoms with Gasteiger partial charge in [-0.05, 0) is 18.8 Å². The van der Waals surface area contributed by atoms with Crippen molar-refractivity contribution in [3.63, 3.8) is 0 Å². The van der Waals surface area contributed by atoms with Crippen molar-refractivity contribution in [2.45, 2.75) is 46.1 Å². The number of nitrogens with zero attached hydrogens (tertiary/aromatic N) is 1. The monoisotopic (exact) mass is 271 g/mol. The van der Waals surface area contributed by atoms with Crippen LogP contribution in [0.4, 0.5) is 4.79 Å². The highest BCUT2D eigenvalue weighted by Crippen LogP contribution is 2.27. The number of carboxylic acids is 1. The fourth-order valence-corrected chi connectivity index (χ4v) is 1.86. The lowest BCUT2D eigenvalue weighted by Crippen LogP contribution is -2.54. The molecule has 19 heavy (non-hydrogen) atoms. The first kappa shape index (κ1) is 15.5. The van der Waals surface area contributed by atoms with Gasteiger partial charge in [-0.25, -0.2) is 9.59 Å². The molecule has 1 aliphatic rings. The topological polar surface area (TPSA) is 83.9 Å². The van der Waals surface area contributed by atoms with Crippen LogP contribution in [0, 0.1) is 5.41 Å². The Bertz CT molecular complexity index is 398. The highest BCUT2D eigenvalue weighted by Gasteiger charge is 2.53. The van der Waals surface area contributed by atoms with Crippen LogP contribution in [0.1, 0.15) is 40.5 Å². The Morgan fingerprint density at radius 1 is 1.42 bits per heavy atom. The Kier molecular flexibility index (Phi) is 4.22. The fourth-order valence-electron chi connectivity index (χ4n) is 1.86. The van der Waals surface area contributed by atoms with Gasteiger partial charge in [-0.3, -0.25) is 9.69 Å². The van der Waals surface area contributed by atoms with Gasteiger partial charge in [0, 0.05) is 13.0 Å². The van der Waals surface area contributed by atoms with E-state index < -0.39 is 23.4 Å². The van der Waals surface area contributed by atoms with Crippen LogP contribution in [0.15, 0.2) is 0 Å². The van der Waals surface area contributed by atoms with Crippen molar-refractivity contribution in [3.8, 4) is 0 Å². The lowest BCUT2D eigenvalue weighted by molar-refractivity contribution is -0.151. The first-order chi connectivity index (χ1) is 8.59. The van der Waals surface area contributed by atoms with Gasteiger partial charge < -0.3 is 9.84 Å². The maximum Gasteiger partial charge on any atom is 0.411 e. The third kappa shape index (κ3) is 3.24. The van der Waals surface area contributed by atoms with Gasteiger partial charge in [0.2, 0.25) is 0 Å². The number of ether oxygens (including phenoxy) is 1. The van der Waals surface area contributed by atoms with Crippen LogP contribution in [0.2, 0.25) is 0 Å². The van der Waals surface area contributed by atoms with Gasteiger partial charge >= 0.3 is 12.1 Å². The zero-order valence-corrected chi connectivity index (χ0v) is 11.9. The van der Waals surface area contributed by atoms with Crippen molar-refractivity contribution in [3.05, 3.63) is 0 Å². The molecular weight excluding hydrogens is 250 g/mol. The van der Waals surface area contributed by atoms with Crippen LogP contribution < -0.4 is 0 Å². The van der Waals surface area contributed by atoms with E-state index in [9.17, 15) is 14.4 Å². The number of Topliss-reactive ketones (excluding diaryl/α,β-unsaturated/α-hetero) is 1. The maximum absolute atomic E-state index is 11.9. The van der Waals surface area contributed by atoms with Gasteiger partial charge in [0.15, 0.2) is 11.3 Å². The van der Waals surface area contributed by atoms with Gasteiger partial charge in [-0.1, -0.05) is 20.8 Å². The molecular formula is C13H21NO5. The third-order valence-electron chi connectivity index (χ3n) is 3.36. The molecule has 6 heteroatoms. The second-order valence-corrected chi connectivity index (χ2v) is 6.13. The number of amides is 1. The molecule has 0 bridgehead atoms. The molecule has 1 amide bonds. The largest absolute Gasteiger partial charge is 0.479 e. The number of ketones is 1. The van der Waals surface area contributed by atoms with E-state index in [4.69, 9.17) is 9.84 Å². The molecule has 0 aliphatic carbocycles. The quantitative estimate of drug-likeness (QED) is 0.789. The van der Waals surface area contributed by atoms with Crippen molar-refractivity contribution < 1.29 is 24.2 Å². The molecule has 0 spiro atoms. The summed E-state index contributed by atoms with van der Waals surface area (Å²) in [5.41, 5.74) is -1.77. The van der Waals surface area contributed by atoms with E-state index in [1.54, 1.807) is 0 Å². The van der Waals surface area contributed by atoms with Crippen LogP contribution in [-0.4, -0.2) is 46.5 Å². The Labute approximate surface area is 112 Å². The zero-order chi connectivity index (χ0) is 14.8. The van der Waals surface area contributed by atoms with E-state index in [2.05, 4.69) is 0 Å². The number of carbonyl (C=O) groups is 3. The van der Waals surface area contributed by atoms with Crippen molar-refractivity contribution >= 4 is 17.8 Å². The minimum atomic E-state index is -1.79. The van der Waals surface area contributed by atoms with E-state index >= 15 is 0 Å². The smallest absolute Gasteiger partial charge is 0.411 e. The minimum absolute atomic E-state index is 0.0250. The summed E-state index contributed by atoms with van der Waals surface area (Å²) in [5, 5.41) is 9.15. The number of likely N-dealkylation sites (tertiary alicyclic amines) is 1. The summed E-state index contributed by atoms with van der Waals surface area (Å²) < 4.78 is 5.07. The number of carbonyl (C=O) groups excluding carboxylic acids is 2. The van der Waals surface area contributed by atoms with Crippen LogP contribution in [0.5, 0.6) is 0 Å².